The van der Waals surface area contributed by atoms with Gasteiger partial charge in [0.15, 0.2) is 0 Å². The number of aliphatic hydroxyl groups excluding tert-OH is 1. The molecule has 1 fully saturated rings. The first-order valence-corrected chi connectivity index (χ1v) is 5.34. The van der Waals surface area contributed by atoms with Crippen molar-refractivity contribution in [3.05, 3.63) is 0 Å². The van der Waals surface area contributed by atoms with Crippen LogP contribution in [0.4, 0.5) is 0 Å². The van der Waals surface area contributed by atoms with Gasteiger partial charge in [0.2, 0.25) is 0 Å². The Labute approximate surface area is 90.6 Å². The summed E-state index contributed by atoms with van der Waals surface area (Å²) in [6.07, 6.45) is 0.658. The van der Waals surface area contributed by atoms with E-state index >= 15 is 0 Å². The number of hydrogen-bond acceptors (Lipinski definition) is 4. The van der Waals surface area contributed by atoms with E-state index in [4.69, 9.17) is 14.6 Å². The van der Waals surface area contributed by atoms with Crippen LogP contribution in [0, 0.1) is 11.8 Å². The SMILES string of the molecule is CC(C)(C)OC(=O)C1COCC(CO)C1. The molecule has 2 atom stereocenters. The molecule has 0 radical (unpaired) electrons. The lowest BCUT2D eigenvalue weighted by Crippen LogP contribution is -2.36. The standard InChI is InChI=1S/C11H20O4/c1-11(2,3)15-10(13)9-4-8(5-12)6-14-7-9/h8-9,12H,4-7H2,1-3H3. The van der Waals surface area contributed by atoms with Crippen molar-refractivity contribution in [1.29, 1.82) is 0 Å². The predicted molar refractivity (Wildman–Crippen MR) is 55.3 cm³/mol. The molecule has 0 bridgehead atoms. The molecule has 0 amide bonds. The van der Waals surface area contributed by atoms with Crippen LogP contribution in [0.3, 0.4) is 0 Å². The van der Waals surface area contributed by atoms with E-state index in [1.807, 2.05) is 20.8 Å². The third-order valence-corrected chi connectivity index (χ3v) is 2.29. The molecule has 1 heterocycles. The van der Waals surface area contributed by atoms with Crippen LogP contribution < -0.4 is 0 Å². The van der Waals surface area contributed by atoms with Crippen molar-refractivity contribution < 1.29 is 19.4 Å². The average molecular weight is 216 g/mol. The third kappa shape index (κ3) is 4.18. The maximum atomic E-state index is 11.7. The molecule has 0 saturated carbocycles. The van der Waals surface area contributed by atoms with Gasteiger partial charge in [-0.2, -0.15) is 0 Å². The summed E-state index contributed by atoms with van der Waals surface area (Å²) in [5, 5.41) is 8.99. The fourth-order valence-electron chi connectivity index (χ4n) is 1.59. The van der Waals surface area contributed by atoms with E-state index < -0.39 is 5.60 Å². The molecule has 4 heteroatoms. The van der Waals surface area contributed by atoms with Crippen LogP contribution in [0.5, 0.6) is 0 Å². The van der Waals surface area contributed by atoms with Gasteiger partial charge in [0.25, 0.3) is 0 Å². The van der Waals surface area contributed by atoms with Gasteiger partial charge >= 0.3 is 5.97 Å². The zero-order valence-corrected chi connectivity index (χ0v) is 9.66. The van der Waals surface area contributed by atoms with Crippen LogP contribution in [0.1, 0.15) is 27.2 Å². The molecule has 1 aliphatic heterocycles. The van der Waals surface area contributed by atoms with Crippen molar-refractivity contribution in [2.45, 2.75) is 32.8 Å². The summed E-state index contributed by atoms with van der Waals surface area (Å²) < 4.78 is 10.5. The molecule has 0 aromatic heterocycles. The van der Waals surface area contributed by atoms with Gasteiger partial charge in [-0.15, -0.1) is 0 Å². The van der Waals surface area contributed by atoms with Crippen molar-refractivity contribution in [3.8, 4) is 0 Å². The summed E-state index contributed by atoms with van der Waals surface area (Å²) in [6, 6.07) is 0. The minimum absolute atomic E-state index is 0.0660. The second-order valence-corrected chi connectivity index (χ2v) is 5.05. The van der Waals surface area contributed by atoms with E-state index in [2.05, 4.69) is 0 Å². The topological polar surface area (TPSA) is 55.8 Å². The van der Waals surface area contributed by atoms with E-state index in [0.717, 1.165) is 0 Å². The Morgan fingerprint density at radius 2 is 2.13 bits per heavy atom. The average Bonchev–Trinajstić information content (AvgIpc) is 2.15. The maximum Gasteiger partial charge on any atom is 0.311 e. The molecule has 4 nitrogen and oxygen atoms in total. The molecule has 1 N–H and O–H groups in total. The molecular formula is C11H20O4. The van der Waals surface area contributed by atoms with Gasteiger partial charge < -0.3 is 14.6 Å². The highest BCUT2D eigenvalue weighted by Gasteiger charge is 2.31. The van der Waals surface area contributed by atoms with Crippen molar-refractivity contribution in [3.63, 3.8) is 0 Å². The molecule has 15 heavy (non-hydrogen) atoms. The Morgan fingerprint density at radius 3 is 2.67 bits per heavy atom. The normalized spacial score (nSPS) is 27.5. The smallest absolute Gasteiger partial charge is 0.311 e. The van der Waals surface area contributed by atoms with Crippen molar-refractivity contribution in [2.24, 2.45) is 11.8 Å². The molecule has 88 valence electrons. The first-order valence-electron chi connectivity index (χ1n) is 5.34. The lowest BCUT2D eigenvalue weighted by atomic mass is 9.93. The molecule has 1 saturated heterocycles. The quantitative estimate of drug-likeness (QED) is 0.699. The maximum absolute atomic E-state index is 11.7. The van der Waals surface area contributed by atoms with Crippen LogP contribution in [-0.2, 0) is 14.3 Å². The van der Waals surface area contributed by atoms with Crippen LogP contribution in [-0.4, -0.2) is 36.5 Å². The molecule has 2 unspecified atom stereocenters. The number of rotatable bonds is 2. The fourth-order valence-corrected chi connectivity index (χ4v) is 1.59. The summed E-state index contributed by atoms with van der Waals surface area (Å²) in [5.41, 5.74) is -0.455. The van der Waals surface area contributed by atoms with Crippen molar-refractivity contribution in [1.82, 2.24) is 0 Å². The van der Waals surface area contributed by atoms with Gasteiger partial charge in [0, 0.05) is 12.5 Å². The monoisotopic (exact) mass is 216 g/mol. The summed E-state index contributed by atoms with van der Waals surface area (Å²) >= 11 is 0. The van der Waals surface area contributed by atoms with Gasteiger partial charge in [-0.05, 0) is 27.2 Å². The molecule has 0 spiro atoms. The Bertz CT molecular complexity index is 219. The largest absolute Gasteiger partial charge is 0.460 e. The van der Waals surface area contributed by atoms with Crippen LogP contribution in [0.15, 0.2) is 0 Å². The zero-order valence-electron chi connectivity index (χ0n) is 9.66. The summed E-state index contributed by atoms with van der Waals surface area (Å²) in [7, 11) is 0. The summed E-state index contributed by atoms with van der Waals surface area (Å²) in [4.78, 5) is 11.7. The van der Waals surface area contributed by atoms with E-state index in [-0.39, 0.29) is 24.4 Å². The van der Waals surface area contributed by atoms with Gasteiger partial charge in [0.1, 0.15) is 5.60 Å². The number of esters is 1. The van der Waals surface area contributed by atoms with Crippen molar-refractivity contribution >= 4 is 5.97 Å². The second kappa shape index (κ2) is 4.94. The first-order chi connectivity index (χ1) is 6.92. The van der Waals surface area contributed by atoms with E-state index in [0.29, 0.717) is 19.6 Å². The van der Waals surface area contributed by atoms with Crippen molar-refractivity contribution in [2.75, 3.05) is 19.8 Å². The number of carbonyl (C=O) groups is 1. The van der Waals surface area contributed by atoms with E-state index in [1.54, 1.807) is 0 Å². The highest BCUT2D eigenvalue weighted by Crippen LogP contribution is 2.22. The highest BCUT2D eigenvalue weighted by atomic mass is 16.6. The fraction of sp³-hybridized carbons (Fsp3) is 0.909. The number of hydrogen-bond donors (Lipinski definition) is 1. The minimum atomic E-state index is -0.455. The van der Waals surface area contributed by atoms with Crippen LogP contribution in [0.25, 0.3) is 0 Å². The van der Waals surface area contributed by atoms with E-state index in [1.165, 1.54) is 0 Å². The molecule has 0 aromatic carbocycles. The molecule has 0 aliphatic carbocycles. The molecule has 1 aliphatic rings. The third-order valence-electron chi connectivity index (χ3n) is 2.29. The van der Waals surface area contributed by atoms with Gasteiger partial charge in [-0.25, -0.2) is 0 Å². The van der Waals surface area contributed by atoms with E-state index in [9.17, 15) is 4.79 Å². The van der Waals surface area contributed by atoms with Gasteiger partial charge in [-0.3, -0.25) is 4.79 Å². The van der Waals surface area contributed by atoms with Gasteiger partial charge in [0.05, 0.1) is 19.1 Å². The number of ether oxygens (including phenoxy) is 2. The molecular weight excluding hydrogens is 196 g/mol. The Kier molecular flexibility index (Phi) is 4.11. The molecule has 1 rings (SSSR count). The Hall–Kier alpha value is -0.610. The number of aliphatic hydroxyl groups is 1. The number of carbonyl (C=O) groups excluding carboxylic acids is 1. The first kappa shape index (κ1) is 12.5. The minimum Gasteiger partial charge on any atom is -0.460 e. The summed E-state index contributed by atoms with van der Waals surface area (Å²) in [5.74, 6) is -0.382. The lowest BCUT2D eigenvalue weighted by molar-refractivity contribution is -0.166. The molecule has 0 aromatic rings. The lowest BCUT2D eigenvalue weighted by Gasteiger charge is -2.29. The Morgan fingerprint density at radius 1 is 1.47 bits per heavy atom. The van der Waals surface area contributed by atoms with Crippen LogP contribution >= 0.6 is 0 Å². The summed E-state index contributed by atoms with van der Waals surface area (Å²) in [6.45, 7) is 6.55. The van der Waals surface area contributed by atoms with Gasteiger partial charge in [-0.1, -0.05) is 0 Å². The predicted octanol–water partition coefficient (Wildman–Crippen LogP) is 0.973. The highest BCUT2D eigenvalue weighted by molar-refractivity contribution is 5.73. The zero-order chi connectivity index (χ0) is 11.5. The van der Waals surface area contributed by atoms with Crippen LogP contribution in [0.2, 0.25) is 0 Å². The Balaban J connectivity index is 2.45. The second-order valence-electron chi connectivity index (χ2n) is 5.05.